The molecule has 4 heterocycles. The lowest BCUT2D eigenvalue weighted by molar-refractivity contribution is 0.0598. The molecule has 32 heavy (non-hydrogen) atoms. The van der Waals surface area contributed by atoms with E-state index in [0.29, 0.717) is 30.5 Å². The highest BCUT2D eigenvalue weighted by Crippen LogP contribution is 2.33. The minimum atomic E-state index is -0.202. The fourth-order valence-electron chi connectivity index (χ4n) is 5.26. The summed E-state index contributed by atoms with van der Waals surface area (Å²) in [6.45, 7) is 8.62. The zero-order chi connectivity index (χ0) is 22.4. The van der Waals surface area contributed by atoms with Crippen molar-refractivity contribution in [3.05, 3.63) is 56.8 Å². The van der Waals surface area contributed by atoms with Crippen molar-refractivity contribution in [3.8, 4) is 5.75 Å². The lowest BCUT2D eigenvalue weighted by Crippen LogP contribution is -2.42. The van der Waals surface area contributed by atoms with Gasteiger partial charge in [0.1, 0.15) is 17.7 Å². The normalized spacial score (nSPS) is 23.1. The maximum absolute atomic E-state index is 13.5. The summed E-state index contributed by atoms with van der Waals surface area (Å²) in [6.07, 6.45) is 4.48. The van der Waals surface area contributed by atoms with Gasteiger partial charge in [0, 0.05) is 43.2 Å². The van der Waals surface area contributed by atoms with Gasteiger partial charge in [0.05, 0.1) is 11.7 Å². The molecule has 1 saturated heterocycles. The molecule has 0 radical (unpaired) electrons. The molecule has 1 aromatic heterocycles. The largest absolute Gasteiger partial charge is 0.490 e. The molecule has 0 unspecified atom stereocenters. The maximum Gasteiger partial charge on any atom is 0.254 e. The molecule has 3 aliphatic heterocycles. The smallest absolute Gasteiger partial charge is 0.254 e. The molecule has 0 saturated carbocycles. The number of hydrogen-bond acceptors (Lipinski definition) is 5. The SMILES string of the molecule is CC(C)N1CCc2c(nc([C@@H]3CCCCN3C(=O)c3ccc4c(c3)C[C@@H](C)O4)[nH]c2=O)C1. The van der Waals surface area contributed by atoms with E-state index in [-0.39, 0.29) is 23.6 Å². The van der Waals surface area contributed by atoms with Crippen LogP contribution in [0.4, 0.5) is 0 Å². The van der Waals surface area contributed by atoms with Crippen molar-refractivity contribution in [3.63, 3.8) is 0 Å². The molecule has 2 atom stereocenters. The van der Waals surface area contributed by atoms with E-state index >= 15 is 0 Å². The molecule has 1 aromatic carbocycles. The summed E-state index contributed by atoms with van der Waals surface area (Å²) in [6, 6.07) is 5.94. The Labute approximate surface area is 188 Å². The highest BCUT2D eigenvalue weighted by atomic mass is 16.5. The summed E-state index contributed by atoms with van der Waals surface area (Å²) in [5.41, 5.74) is 3.39. The third-order valence-corrected chi connectivity index (χ3v) is 7.07. The van der Waals surface area contributed by atoms with Crippen molar-refractivity contribution in [1.29, 1.82) is 0 Å². The number of amides is 1. The molecule has 7 nitrogen and oxygen atoms in total. The number of rotatable bonds is 3. The number of fused-ring (bicyclic) bond motifs is 2. The van der Waals surface area contributed by atoms with Crippen molar-refractivity contribution >= 4 is 5.91 Å². The number of nitrogens with one attached hydrogen (secondary N) is 1. The lowest BCUT2D eigenvalue weighted by atomic mass is 9.98. The topological polar surface area (TPSA) is 78.5 Å². The number of carbonyl (C=O) groups is 1. The molecule has 7 heteroatoms. The summed E-state index contributed by atoms with van der Waals surface area (Å²) < 4.78 is 5.79. The number of piperidine rings is 1. The van der Waals surface area contributed by atoms with E-state index in [2.05, 4.69) is 23.7 Å². The first-order chi connectivity index (χ1) is 15.4. The highest BCUT2D eigenvalue weighted by Gasteiger charge is 2.33. The number of hydrogen-bond donors (Lipinski definition) is 1. The third-order valence-electron chi connectivity index (χ3n) is 7.07. The van der Waals surface area contributed by atoms with Gasteiger partial charge in [0.25, 0.3) is 11.5 Å². The van der Waals surface area contributed by atoms with Crippen LogP contribution in [0.5, 0.6) is 5.75 Å². The molecule has 0 spiro atoms. The van der Waals surface area contributed by atoms with E-state index in [0.717, 1.165) is 61.2 Å². The van der Waals surface area contributed by atoms with Crippen LogP contribution in [0.3, 0.4) is 0 Å². The molecule has 3 aliphatic rings. The third kappa shape index (κ3) is 3.83. The second kappa shape index (κ2) is 8.35. The van der Waals surface area contributed by atoms with Gasteiger partial charge in [-0.2, -0.15) is 0 Å². The molecule has 1 fully saturated rings. The van der Waals surface area contributed by atoms with Crippen LogP contribution in [0.25, 0.3) is 0 Å². The number of likely N-dealkylation sites (tertiary alicyclic amines) is 1. The highest BCUT2D eigenvalue weighted by molar-refractivity contribution is 5.95. The molecule has 0 aliphatic carbocycles. The molecule has 1 amide bonds. The van der Waals surface area contributed by atoms with Crippen LogP contribution in [-0.4, -0.2) is 50.9 Å². The minimum Gasteiger partial charge on any atom is -0.490 e. The van der Waals surface area contributed by atoms with Crippen molar-refractivity contribution in [2.45, 2.75) is 77.6 Å². The number of aromatic amines is 1. The van der Waals surface area contributed by atoms with Gasteiger partial charge in [-0.05, 0) is 70.2 Å². The van der Waals surface area contributed by atoms with E-state index < -0.39 is 0 Å². The van der Waals surface area contributed by atoms with Crippen LogP contribution in [0.2, 0.25) is 0 Å². The summed E-state index contributed by atoms with van der Waals surface area (Å²) in [7, 11) is 0. The quantitative estimate of drug-likeness (QED) is 0.799. The minimum absolute atomic E-state index is 0.00114. The van der Waals surface area contributed by atoms with E-state index in [4.69, 9.17) is 9.72 Å². The van der Waals surface area contributed by atoms with E-state index in [1.54, 1.807) is 0 Å². The van der Waals surface area contributed by atoms with Crippen LogP contribution >= 0.6 is 0 Å². The second-order valence-electron chi connectivity index (χ2n) is 9.66. The number of nitrogens with zero attached hydrogens (tertiary/aromatic N) is 3. The van der Waals surface area contributed by atoms with Gasteiger partial charge in [0.2, 0.25) is 0 Å². The van der Waals surface area contributed by atoms with Crippen molar-refractivity contribution in [2.24, 2.45) is 0 Å². The van der Waals surface area contributed by atoms with Crippen molar-refractivity contribution in [1.82, 2.24) is 19.8 Å². The Bertz CT molecular complexity index is 1090. The Balaban J connectivity index is 1.45. The maximum atomic E-state index is 13.5. The first-order valence-corrected chi connectivity index (χ1v) is 11.9. The summed E-state index contributed by atoms with van der Waals surface area (Å²) in [5.74, 6) is 1.51. The van der Waals surface area contributed by atoms with Gasteiger partial charge in [0.15, 0.2) is 0 Å². The molecule has 170 valence electrons. The van der Waals surface area contributed by atoms with E-state index in [9.17, 15) is 9.59 Å². The Kier molecular flexibility index (Phi) is 5.53. The number of carbonyl (C=O) groups excluding carboxylic acids is 1. The standard InChI is InChI=1S/C25H32N4O3/c1-15(2)28-11-9-19-20(14-28)26-23(27-24(19)30)21-6-4-5-10-29(21)25(31)17-7-8-22-18(13-17)12-16(3)32-22/h7-8,13,15-16,21H,4-6,9-12,14H2,1-3H3,(H,26,27,30)/t16-,21+/m1/s1. The molecule has 2 aromatic rings. The average molecular weight is 437 g/mol. The zero-order valence-corrected chi connectivity index (χ0v) is 19.2. The van der Waals surface area contributed by atoms with Gasteiger partial charge in [-0.15, -0.1) is 0 Å². The Morgan fingerprint density at radius 1 is 1.25 bits per heavy atom. The second-order valence-corrected chi connectivity index (χ2v) is 9.66. The van der Waals surface area contributed by atoms with E-state index in [1.165, 1.54) is 0 Å². The predicted molar refractivity (Wildman–Crippen MR) is 122 cm³/mol. The molecule has 1 N–H and O–H groups in total. The van der Waals surface area contributed by atoms with Gasteiger partial charge in [-0.25, -0.2) is 4.98 Å². The molecule has 5 rings (SSSR count). The average Bonchev–Trinajstić information content (AvgIpc) is 3.17. The van der Waals surface area contributed by atoms with Crippen LogP contribution < -0.4 is 10.3 Å². The Hall–Kier alpha value is -2.67. The van der Waals surface area contributed by atoms with E-state index in [1.807, 2.05) is 30.0 Å². The predicted octanol–water partition coefficient (Wildman–Crippen LogP) is 3.23. The number of ether oxygens (including phenoxy) is 1. The van der Waals surface area contributed by atoms with Gasteiger partial charge < -0.3 is 14.6 Å². The first kappa shape index (κ1) is 21.2. The molecule has 0 bridgehead atoms. The van der Waals surface area contributed by atoms with Crippen molar-refractivity contribution < 1.29 is 9.53 Å². The lowest BCUT2D eigenvalue weighted by Gasteiger charge is -2.36. The first-order valence-electron chi connectivity index (χ1n) is 11.9. The van der Waals surface area contributed by atoms with Gasteiger partial charge >= 0.3 is 0 Å². The summed E-state index contributed by atoms with van der Waals surface area (Å²) in [4.78, 5) is 38.6. The Morgan fingerprint density at radius 2 is 2.09 bits per heavy atom. The molecular formula is C25H32N4O3. The van der Waals surface area contributed by atoms with Gasteiger partial charge in [-0.1, -0.05) is 0 Å². The van der Waals surface area contributed by atoms with Crippen LogP contribution in [0.15, 0.2) is 23.0 Å². The zero-order valence-electron chi connectivity index (χ0n) is 19.2. The summed E-state index contributed by atoms with van der Waals surface area (Å²) in [5, 5.41) is 0. The van der Waals surface area contributed by atoms with Crippen LogP contribution in [0, 0.1) is 0 Å². The number of benzene rings is 1. The Morgan fingerprint density at radius 3 is 2.91 bits per heavy atom. The summed E-state index contributed by atoms with van der Waals surface area (Å²) >= 11 is 0. The van der Waals surface area contributed by atoms with Crippen LogP contribution in [-0.2, 0) is 19.4 Å². The van der Waals surface area contributed by atoms with Gasteiger partial charge in [-0.3, -0.25) is 14.5 Å². The fraction of sp³-hybridized carbons (Fsp3) is 0.560. The van der Waals surface area contributed by atoms with Crippen molar-refractivity contribution in [2.75, 3.05) is 13.1 Å². The van der Waals surface area contributed by atoms with Crippen LogP contribution in [0.1, 0.15) is 79.1 Å². The number of aromatic nitrogens is 2. The fourth-order valence-corrected chi connectivity index (χ4v) is 5.26. The monoisotopic (exact) mass is 436 g/mol. The molecular weight excluding hydrogens is 404 g/mol. The number of H-pyrrole nitrogens is 1.